The van der Waals surface area contributed by atoms with Crippen molar-refractivity contribution in [1.82, 2.24) is 5.10 Å². The van der Waals surface area contributed by atoms with Crippen LogP contribution in [0.1, 0.15) is 6.92 Å². The van der Waals surface area contributed by atoms with Crippen molar-refractivity contribution >= 4 is 17.4 Å². The van der Waals surface area contributed by atoms with E-state index in [9.17, 15) is 0 Å². The highest BCUT2D eigenvalue weighted by Gasteiger charge is 2.15. The zero-order valence-electron chi connectivity index (χ0n) is 9.13. The quantitative estimate of drug-likeness (QED) is 0.650. The van der Waals surface area contributed by atoms with Crippen LogP contribution in [0.5, 0.6) is 0 Å². The van der Waals surface area contributed by atoms with Crippen LogP contribution in [0.2, 0.25) is 0 Å². The topological polar surface area (TPSA) is 42.8 Å². The lowest BCUT2D eigenvalue weighted by atomic mass is 10.3. The Morgan fingerprint density at radius 2 is 2.06 bits per heavy atom. The average molecular weight is 232 g/mol. The van der Waals surface area contributed by atoms with Crippen molar-refractivity contribution in [3.05, 3.63) is 42.6 Å². The molecule has 0 atom stereocenters. The number of anilines is 1. The van der Waals surface area contributed by atoms with Crippen LogP contribution in [0.4, 0.5) is 5.69 Å². The zero-order chi connectivity index (χ0) is 11.4. The summed E-state index contributed by atoms with van der Waals surface area (Å²) in [6, 6.07) is 12.0. The smallest absolute Gasteiger partial charge is 0.275 e. The Morgan fingerprint density at radius 3 is 2.75 bits per heavy atom. The van der Waals surface area contributed by atoms with Crippen LogP contribution < -0.4 is 10.4 Å². The van der Waals surface area contributed by atoms with E-state index in [-0.39, 0.29) is 0 Å². The molecule has 0 aliphatic carbocycles. The van der Waals surface area contributed by atoms with E-state index in [1.807, 2.05) is 41.1 Å². The molecule has 0 aliphatic rings. The third kappa shape index (κ3) is 2.33. The first-order valence-electron chi connectivity index (χ1n) is 5.17. The maximum Gasteiger partial charge on any atom is 0.275 e. The van der Waals surface area contributed by atoms with Crippen LogP contribution >= 0.6 is 11.8 Å². The fraction of sp³-hybridized carbons (Fsp3) is 0.167. The van der Waals surface area contributed by atoms with Gasteiger partial charge in [-0.1, -0.05) is 36.9 Å². The van der Waals surface area contributed by atoms with Crippen molar-refractivity contribution in [2.45, 2.75) is 11.9 Å². The Kier molecular flexibility index (Phi) is 3.41. The van der Waals surface area contributed by atoms with Crippen LogP contribution in [-0.4, -0.2) is 10.9 Å². The summed E-state index contributed by atoms with van der Waals surface area (Å²) in [6.45, 7) is 2.11. The molecule has 4 heteroatoms. The SMILES string of the molecule is CCSc1cc(N)cn[n+]1-c1ccccc1. The molecule has 0 amide bonds. The number of nitrogens with zero attached hydrogens (tertiary/aromatic N) is 2. The summed E-state index contributed by atoms with van der Waals surface area (Å²) in [5, 5.41) is 5.40. The van der Waals surface area contributed by atoms with Gasteiger partial charge in [-0.2, -0.15) is 0 Å². The number of hydrogen-bond acceptors (Lipinski definition) is 3. The van der Waals surface area contributed by atoms with Gasteiger partial charge in [-0.3, -0.25) is 0 Å². The van der Waals surface area contributed by atoms with E-state index < -0.39 is 0 Å². The van der Waals surface area contributed by atoms with Crippen LogP contribution in [-0.2, 0) is 0 Å². The molecule has 82 valence electrons. The largest absolute Gasteiger partial charge is 0.397 e. The predicted octanol–water partition coefficient (Wildman–Crippen LogP) is 2.05. The van der Waals surface area contributed by atoms with Gasteiger partial charge in [0.25, 0.3) is 5.03 Å². The van der Waals surface area contributed by atoms with E-state index in [2.05, 4.69) is 12.0 Å². The molecule has 2 N–H and O–H groups in total. The number of thioether (sulfide) groups is 1. The van der Waals surface area contributed by atoms with Gasteiger partial charge in [0, 0.05) is 29.1 Å². The highest BCUT2D eigenvalue weighted by molar-refractivity contribution is 7.99. The first-order chi connectivity index (χ1) is 7.81. The van der Waals surface area contributed by atoms with Crippen molar-refractivity contribution in [3.8, 4) is 5.69 Å². The van der Waals surface area contributed by atoms with Gasteiger partial charge in [-0.05, 0) is 4.68 Å². The van der Waals surface area contributed by atoms with Gasteiger partial charge in [0.1, 0.15) is 6.20 Å². The maximum absolute atomic E-state index is 5.75. The van der Waals surface area contributed by atoms with Gasteiger partial charge in [-0.15, -0.1) is 0 Å². The number of hydrogen-bond donors (Lipinski definition) is 1. The van der Waals surface area contributed by atoms with E-state index >= 15 is 0 Å². The van der Waals surface area contributed by atoms with Crippen molar-refractivity contribution in [2.75, 3.05) is 11.5 Å². The number of para-hydroxylation sites is 1. The molecule has 0 spiro atoms. The zero-order valence-corrected chi connectivity index (χ0v) is 9.95. The number of nitrogens with two attached hydrogens (primary N) is 1. The Labute approximate surface area is 99.3 Å². The van der Waals surface area contributed by atoms with E-state index in [4.69, 9.17) is 5.73 Å². The molecule has 0 saturated heterocycles. The lowest BCUT2D eigenvalue weighted by Crippen LogP contribution is -2.37. The molecule has 1 heterocycles. The van der Waals surface area contributed by atoms with Crippen molar-refractivity contribution in [2.24, 2.45) is 0 Å². The molecule has 2 aromatic rings. The minimum Gasteiger partial charge on any atom is -0.397 e. The second-order valence-corrected chi connectivity index (χ2v) is 4.59. The first-order valence-corrected chi connectivity index (χ1v) is 6.16. The molecule has 16 heavy (non-hydrogen) atoms. The molecule has 0 saturated carbocycles. The van der Waals surface area contributed by atoms with Gasteiger partial charge in [0.2, 0.25) is 5.69 Å². The third-order valence-corrected chi connectivity index (χ3v) is 2.99. The molecule has 1 aromatic heterocycles. The molecule has 3 nitrogen and oxygen atoms in total. The number of rotatable bonds is 3. The fourth-order valence-electron chi connectivity index (χ4n) is 1.44. The van der Waals surface area contributed by atoms with Gasteiger partial charge < -0.3 is 5.73 Å². The Hall–Kier alpha value is -1.55. The molecule has 0 bridgehead atoms. The highest BCUT2D eigenvalue weighted by Crippen LogP contribution is 2.16. The van der Waals surface area contributed by atoms with Crippen LogP contribution in [0.15, 0.2) is 47.6 Å². The Bertz CT molecular complexity index is 471. The van der Waals surface area contributed by atoms with E-state index in [1.165, 1.54) is 0 Å². The van der Waals surface area contributed by atoms with E-state index in [0.29, 0.717) is 5.69 Å². The van der Waals surface area contributed by atoms with Crippen LogP contribution in [0, 0.1) is 0 Å². The summed E-state index contributed by atoms with van der Waals surface area (Å²) in [7, 11) is 0. The summed E-state index contributed by atoms with van der Waals surface area (Å²) < 4.78 is 1.91. The van der Waals surface area contributed by atoms with Crippen molar-refractivity contribution in [1.29, 1.82) is 0 Å². The molecule has 0 aliphatic heterocycles. The molecule has 0 unspecified atom stereocenters. The fourth-order valence-corrected chi connectivity index (χ4v) is 2.23. The molecule has 2 rings (SSSR count). The normalized spacial score (nSPS) is 10.3. The Morgan fingerprint density at radius 1 is 1.31 bits per heavy atom. The summed E-state index contributed by atoms with van der Waals surface area (Å²) >= 11 is 1.73. The second-order valence-electron chi connectivity index (χ2n) is 3.31. The molecular weight excluding hydrogens is 218 g/mol. The number of aromatic nitrogens is 2. The predicted molar refractivity (Wildman–Crippen MR) is 66.6 cm³/mol. The van der Waals surface area contributed by atoms with Gasteiger partial charge in [0.05, 0.1) is 5.69 Å². The summed E-state index contributed by atoms with van der Waals surface area (Å²) in [6.07, 6.45) is 1.67. The highest BCUT2D eigenvalue weighted by atomic mass is 32.2. The van der Waals surface area contributed by atoms with Gasteiger partial charge in [-0.25, -0.2) is 0 Å². The second kappa shape index (κ2) is 4.99. The molecule has 0 fully saturated rings. The van der Waals surface area contributed by atoms with Crippen molar-refractivity contribution < 1.29 is 4.68 Å². The summed E-state index contributed by atoms with van der Waals surface area (Å²) in [5.41, 5.74) is 7.50. The Balaban J connectivity index is 2.48. The van der Waals surface area contributed by atoms with E-state index in [1.54, 1.807) is 18.0 Å². The molecule has 0 radical (unpaired) electrons. The maximum atomic E-state index is 5.75. The third-order valence-electron chi connectivity index (χ3n) is 2.11. The molecular formula is C12H14N3S+. The van der Waals surface area contributed by atoms with E-state index in [0.717, 1.165) is 16.5 Å². The van der Waals surface area contributed by atoms with Gasteiger partial charge >= 0.3 is 0 Å². The summed E-state index contributed by atoms with van der Waals surface area (Å²) in [5.74, 6) is 0.998. The van der Waals surface area contributed by atoms with Crippen LogP contribution in [0.25, 0.3) is 5.69 Å². The monoisotopic (exact) mass is 232 g/mol. The van der Waals surface area contributed by atoms with Gasteiger partial charge in [0.15, 0.2) is 0 Å². The first kappa shape index (κ1) is 11.0. The summed E-state index contributed by atoms with van der Waals surface area (Å²) in [4.78, 5) is 0. The lowest BCUT2D eigenvalue weighted by molar-refractivity contribution is -0.697. The molecule has 1 aromatic carbocycles. The average Bonchev–Trinajstić information content (AvgIpc) is 2.31. The lowest BCUT2D eigenvalue weighted by Gasteiger charge is -1.99. The van der Waals surface area contributed by atoms with Crippen molar-refractivity contribution in [3.63, 3.8) is 0 Å². The minimum absolute atomic E-state index is 0.697. The number of nitrogen functional groups attached to an aromatic ring is 1. The number of benzene rings is 1. The van der Waals surface area contributed by atoms with Crippen LogP contribution in [0.3, 0.4) is 0 Å². The standard InChI is InChI=1S/C12H13N3S/c1-2-16-12-8-10(13)9-14-15(12)11-6-4-3-5-7-11/h3-9,13H,2H2,1H3/p+1. The minimum atomic E-state index is 0.697.